The number of aryl methyl sites for hydroxylation is 1. The zero-order valence-corrected chi connectivity index (χ0v) is 13.0. The Morgan fingerprint density at radius 1 is 1.47 bits per heavy atom. The molecule has 0 bridgehead atoms. The highest BCUT2D eigenvalue weighted by atomic mass is 35.5. The Morgan fingerprint density at radius 3 is 2.95 bits per heavy atom. The van der Waals surface area contributed by atoms with Crippen molar-refractivity contribution in [3.8, 4) is 0 Å². The van der Waals surface area contributed by atoms with E-state index in [9.17, 15) is 0 Å². The SMILES string of the molecule is CCCn1ncc(Cl)c1C(Cc1ccsc1)NCC. The Balaban J connectivity index is 2.24. The molecule has 2 rings (SSSR count). The quantitative estimate of drug-likeness (QED) is 0.840. The predicted molar refractivity (Wildman–Crippen MR) is 82.0 cm³/mol. The molecule has 0 aromatic carbocycles. The zero-order chi connectivity index (χ0) is 13.7. The highest BCUT2D eigenvalue weighted by Gasteiger charge is 2.20. The molecule has 1 atom stereocenters. The molecule has 0 saturated carbocycles. The fourth-order valence-corrected chi connectivity index (χ4v) is 3.22. The highest BCUT2D eigenvalue weighted by Crippen LogP contribution is 2.26. The first kappa shape index (κ1) is 14.6. The van der Waals surface area contributed by atoms with Crippen LogP contribution in [0.15, 0.2) is 23.0 Å². The van der Waals surface area contributed by atoms with E-state index in [1.165, 1.54) is 5.56 Å². The van der Waals surface area contributed by atoms with Gasteiger partial charge in [-0.3, -0.25) is 4.68 Å². The molecular formula is C14H20ClN3S. The van der Waals surface area contributed by atoms with Crippen LogP contribution in [-0.2, 0) is 13.0 Å². The van der Waals surface area contributed by atoms with E-state index in [1.807, 2.05) is 4.68 Å². The molecule has 0 aliphatic heterocycles. The number of hydrogen-bond donors (Lipinski definition) is 1. The summed E-state index contributed by atoms with van der Waals surface area (Å²) in [4.78, 5) is 0. The summed E-state index contributed by atoms with van der Waals surface area (Å²) in [6, 6.07) is 2.39. The normalized spacial score (nSPS) is 12.8. The van der Waals surface area contributed by atoms with Crippen molar-refractivity contribution in [1.29, 1.82) is 0 Å². The first-order valence-corrected chi connectivity index (χ1v) is 8.04. The summed E-state index contributed by atoms with van der Waals surface area (Å²) in [6.07, 6.45) is 3.76. The van der Waals surface area contributed by atoms with E-state index in [0.29, 0.717) is 0 Å². The summed E-state index contributed by atoms with van der Waals surface area (Å²) in [7, 11) is 0. The molecule has 2 aromatic heterocycles. The van der Waals surface area contributed by atoms with Crippen LogP contribution in [0.4, 0.5) is 0 Å². The van der Waals surface area contributed by atoms with Crippen LogP contribution in [0.5, 0.6) is 0 Å². The van der Waals surface area contributed by atoms with Crippen LogP contribution in [-0.4, -0.2) is 16.3 Å². The third-order valence-electron chi connectivity index (χ3n) is 3.07. The summed E-state index contributed by atoms with van der Waals surface area (Å²) >= 11 is 8.06. The van der Waals surface area contributed by atoms with Crippen molar-refractivity contribution in [1.82, 2.24) is 15.1 Å². The van der Waals surface area contributed by atoms with Gasteiger partial charge in [0.15, 0.2) is 0 Å². The zero-order valence-electron chi connectivity index (χ0n) is 11.4. The van der Waals surface area contributed by atoms with Crippen LogP contribution in [0.25, 0.3) is 0 Å². The molecule has 3 nitrogen and oxygen atoms in total. The summed E-state index contributed by atoms with van der Waals surface area (Å²) in [5, 5.41) is 13.0. The molecule has 104 valence electrons. The first-order valence-electron chi connectivity index (χ1n) is 6.71. The van der Waals surface area contributed by atoms with E-state index in [1.54, 1.807) is 17.5 Å². The van der Waals surface area contributed by atoms with Gasteiger partial charge in [-0.15, -0.1) is 0 Å². The molecule has 19 heavy (non-hydrogen) atoms. The first-order chi connectivity index (χ1) is 9.26. The number of nitrogens with zero attached hydrogens (tertiary/aromatic N) is 2. The van der Waals surface area contributed by atoms with E-state index in [0.717, 1.165) is 36.6 Å². The lowest BCUT2D eigenvalue weighted by Crippen LogP contribution is -2.26. The molecule has 2 aromatic rings. The van der Waals surface area contributed by atoms with Gasteiger partial charge in [-0.1, -0.05) is 25.4 Å². The highest BCUT2D eigenvalue weighted by molar-refractivity contribution is 7.07. The molecule has 0 fully saturated rings. The lowest BCUT2D eigenvalue weighted by atomic mass is 10.1. The molecule has 0 spiro atoms. The smallest absolute Gasteiger partial charge is 0.0834 e. The van der Waals surface area contributed by atoms with Gasteiger partial charge in [0, 0.05) is 6.54 Å². The monoisotopic (exact) mass is 297 g/mol. The Labute approximate surface area is 123 Å². The number of rotatable bonds is 7. The van der Waals surface area contributed by atoms with Gasteiger partial charge in [0.2, 0.25) is 0 Å². The van der Waals surface area contributed by atoms with Crippen molar-refractivity contribution < 1.29 is 0 Å². The average Bonchev–Trinajstić information content (AvgIpc) is 3.00. The van der Waals surface area contributed by atoms with Crippen molar-refractivity contribution in [2.45, 2.75) is 39.3 Å². The lowest BCUT2D eigenvalue weighted by Gasteiger charge is -2.19. The van der Waals surface area contributed by atoms with E-state index in [4.69, 9.17) is 11.6 Å². The third kappa shape index (κ3) is 3.59. The minimum absolute atomic E-state index is 0.223. The Kier molecular flexibility index (Phi) is 5.43. The van der Waals surface area contributed by atoms with Crippen molar-refractivity contribution in [3.05, 3.63) is 39.3 Å². The Morgan fingerprint density at radius 2 is 2.32 bits per heavy atom. The molecule has 0 aliphatic rings. The molecule has 1 unspecified atom stereocenters. The van der Waals surface area contributed by atoms with E-state index < -0.39 is 0 Å². The van der Waals surface area contributed by atoms with Gasteiger partial charge in [0.1, 0.15) is 0 Å². The maximum Gasteiger partial charge on any atom is 0.0834 e. The van der Waals surface area contributed by atoms with Gasteiger partial charge in [0.25, 0.3) is 0 Å². The second-order valence-electron chi connectivity index (χ2n) is 4.55. The maximum atomic E-state index is 6.33. The van der Waals surface area contributed by atoms with Gasteiger partial charge in [-0.25, -0.2) is 0 Å². The number of hydrogen-bond acceptors (Lipinski definition) is 3. The lowest BCUT2D eigenvalue weighted by molar-refractivity contribution is 0.478. The van der Waals surface area contributed by atoms with Crippen LogP contribution in [0, 0.1) is 0 Å². The van der Waals surface area contributed by atoms with Gasteiger partial charge in [-0.05, 0) is 41.8 Å². The summed E-state index contributed by atoms with van der Waals surface area (Å²) in [5.41, 5.74) is 2.45. The van der Waals surface area contributed by atoms with Crippen molar-refractivity contribution in [2.75, 3.05) is 6.54 Å². The van der Waals surface area contributed by atoms with Crippen LogP contribution < -0.4 is 5.32 Å². The Bertz CT molecular complexity index is 493. The minimum Gasteiger partial charge on any atom is -0.309 e. The number of aromatic nitrogens is 2. The van der Waals surface area contributed by atoms with Crippen molar-refractivity contribution in [2.24, 2.45) is 0 Å². The minimum atomic E-state index is 0.223. The number of likely N-dealkylation sites (N-methyl/N-ethyl adjacent to an activating group) is 1. The van der Waals surface area contributed by atoms with E-state index >= 15 is 0 Å². The Hall–Kier alpha value is -0.840. The largest absolute Gasteiger partial charge is 0.309 e. The molecule has 0 saturated heterocycles. The topological polar surface area (TPSA) is 29.9 Å². The summed E-state index contributed by atoms with van der Waals surface area (Å²) in [5.74, 6) is 0. The average molecular weight is 298 g/mol. The maximum absolute atomic E-state index is 6.33. The van der Waals surface area contributed by atoms with Crippen LogP contribution >= 0.6 is 22.9 Å². The van der Waals surface area contributed by atoms with Crippen LogP contribution in [0.2, 0.25) is 5.02 Å². The molecular weight excluding hydrogens is 278 g/mol. The second kappa shape index (κ2) is 7.08. The van der Waals surface area contributed by atoms with Crippen LogP contribution in [0.3, 0.4) is 0 Å². The number of thiophene rings is 1. The fourth-order valence-electron chi connectivity index (χ4n) is 2.26. The van der Waals surface area contributed by atoms with Gasteiger partial charge < -0.3 is 5.32 Å². The van der Waals surface area contributed by atoms with Gasteiger partial charge in [0.05, 0.1) is 23.0 Å². The van der Waals surface area contributed by atoms with E-state index in [2.05, 4.69) is 41.1 Å². The number of nitrogens with one attached hydrogen (secondary N) is 1. The number of halogens is 1. The van der Waals surface area contributed by atoms with Crippen LogP contribution in [0.1, 0.15) is 37.6 Å². The molecule has 0 aliphatic carbocycles. The van der Waals surface area contributed by atoms with Crippen molar-refractivity contribution in [3.63, 3.8) is 0 Å². The van der Waals surface area contributed by atoms with Gasteiger partial charge >= 0.3 is 0 Å². The molecule has 1 N–H and O–H groups in total. The third-order valence-corrected chi connectivity index (χ3v) is 4.09. The van der Waals surface area contributed by atoms with E-state index in [-0.39, 0.29) is 6.04 Å². The fraction of sp³-hybridized carbons (Fsp3) is 0.500. The summed E-state index contributed by atoms with van der Waals surface area (Å²) in [6.45, 7) is 6.10. The summed E-state index contributed by atoms with van der Waals surface area (Å²) < 4.78 is 2.03. The molecule has 0 amide bonds. The molecule has 2 heterocycles. The van der Waals surface area contributed by atoms with Gasteiger partial charge in [-0.2, -0.15) is 16.4 Å². The predicted octanol–water partition coefficient (Wildman–Crippen LogP) is 3.90. The van der Waals surface area contributed by atoms with Crippen molar-refractivity contribution >= 4 is 22.9 Å². The molecule has 5 heteroatoms. The molecule has 0 radical (unpaired) electrons. The standard InChI is InChI=1S/C14H20ClN3S/c1-3-6-18-14(12(15)9-17-18)13(16-4-2)8-11-5-7-19-10-11/h5,7,9-10,13,16H,3-4,6,8H2,1-2H3. The second-order valence-corrected chi connectivity index (χ2v) is 5.73.